The van der Waals surface area contributed by atoms with Crippen molar-refractivity contribution in [3.05, 3.63) is 71.3 Å². The van der Waals surface area contributed by atoms with E-state index < -0.39 is 6.04 Å². The van der Waals surface area contributed by atoms with Crippen LogP contribution in [0.3, 0.4) is 0 Å². The van der Waals surface area contributed by atoms with Crippen molar-refractivity contribution in [2.75, 3.05) is 6.54 Å². The van der Waals surface area contributed by atoms with Gasteiger partial charge in [-0.25, -0.2) is 0 Å². The van der Waals surface area contributed by atoms with E-state index in [0.29, 0.717) is 37.9 Å². The van der Waals surface area contributed by atoms with Crippen molar-refractivity contribution in [2.24, 2.45) is 11.7 Å². The number of rotatable bonds is 8. The van der Waals surface area contributed by atoms with Crippen LogP contribution in [0.15, 0.2) is 54.6 Å². The molecular weight excluding hydrogens is 390 g/mol. The molecule has 31 heavy (non-hydrogen) atoms. The van der Waals surface area contributed by atoms with E-state index >= 15 is 0 Å². The van der Waals surface area contributed by atoms with Gasteiger partial charge in [0, 0.05) is 25.1 Å². The van der Waals surface area contributed by atoms with Crippen molar-refractivity contribution in [1.29, 1.82) is 10.7 Å². The van der Waals surface area contributed by atoms with Crippen molar-refractivity contribution in [3.8, 4) is 6.07 Å². The number of hydrogen-bond donors (Lipinski definition) is 3. The summed E-state index contributed by atoms with van der Waals surface area (Å²) in [4.78, 5) is 27.2. The van der Waals surface area contributed by atoms with Gasteiger partial charge in [-0.1, -0.05) is 54.6 Å². The first-order chi connectivity index (χ1) is 15.0. The van der Waals surface area contributed by atoms with E-state index in [9.17, 15) is 14.9 Å². The molecule has 2 atom stereocenters. The molecule has 0 radical (unpaired) electrons. The van der Waals surface area contributed by atoms with Crippen LogP contribution in [0.4, 0.5) is 0 Å². The molecular formula is C24H27N5O2. The van der Waals surface area contributed by atoms with Crippen molar-refractivity contribution in [1.82, 2.24) is 10.2 Å². The normalized spacial score (nSPS) is 17.7. The zero-order valence-corrected chi connectivity index (χ0v) is 17.4. The Bertz CT molecular complexity index is 966. The Balaban J connectivity index is 1.55. The van der Waals surface area contributed by atoms with E-state index in [4.69, 9.17) is 11.1 Å². The lowest BCUT2D eigenvalue weighted by Gasteiger charge is -2.24. The largest absolute Gasteiger partial charge is 0.384 e. The molecule has 4 N–H and O–H groups in total. The number of amides is 2. The summed E-state index contributed by atoms with van der Waals surface area (Å²) in [5.41, 5.74) is 8.12. The van der Waals surface area contributed by atoms with E-state index in [-0.39, 0.29) is 23.6 Å². The van der Waals surface area contributed by atoms with Gasteiger partial charge in [-0.2, -0.15) is 5.26 Å². The van der Waals surface area contributed by atoms with Gasteiger partial charge in [0.25, 0.3) is 0 Å². The highest BCUT2D eigenvalue weighted by Crippen LogP contribution is 2.24. The number of nitrogens with two attached hydrogens (primary N) is 1. The minimum Gasteiger partial charge on any atom is -0.384 e. The second kappa shape index (κ2) is 10.4. The summed E-state index contributed by atoms with van der Waals surface area (Å²) in [7, 11) is 0. The summed E-state index contributed by atoms with van der Waals surface area (Å²) in [6, 6.07) is 18.6. The molecule has 2 amide bonds. The van der Waals surface area contributed by atoms with Crippen LogP contribution in [0.2, 0.25) is 0 Å². The van der Waals surface area contributed by atoms with Gasteiger partial charge in [0.1, 0.15) is 11.9 Å². The van der Waals surface area contributed by atoms with Crippen LogP contribution in [-0.2, 0) is 22.6 Å². The molecule has 7 heteroatoms. The summed E-state index contributed by atoms with van der Waals surface area (Å²) in [6.07, 6.45) is 2.21. The van der Waals surface area contributed by atoms with Crippen LogP contribution >= 0.6 is 0 Å². The maximum absolute atomic E-state index is 12.8. The van der Waals surface area contributed by atoms with Gasteiger partial charge in [-0.05, 0) is 30.4 Å². The fraction of sp³-hybridized carbons (Fsp3) is 0.333. The summed E-state index contributed by atoms with van der Waals surface area (Å²) >= 11 is 0. The minimum atomic E-state index is -0.620. The topological polar surface area (TPSA) is 123 Å². The van der Waals surface area contributed by atoms with Gasteiger partial charge in [-0.3, -0.25) is 15.0 Å². The molecule has 0 unspecified atom stereocenters. The predicted molar refractivity (Wildman–Crippen MR) is 118 cm³/mol. The Hall–Kier alpha value is -3.66. The number of nitrogens with one attached hydrogen (secondary N) is 2. The molecule has 160 valence electrons. The Labute approximate surface area is 182 Å². The first-order valence-corrected chi connectivity index (χ1v) is 10.4. The number of aryl methyl sites for hydroxylation is 1. The van der Waals surface area contributed by atoms with Crippen molar-refractivity contribution in [2.45, 2.75) is 38.3 Å². The molecule has 1 aliphatic heterocycles. The predicted octanol–water partition coefficient (Wildman–Crippen LogP) is 2.35. The molecule has 2 aromatic carbocycles. The van der Waals surface area contributed by atoms with Crippen LogP contribution in [-0.4, -0.2) is 35.1 Å². The van der Waals surface area contributed by atoms with Crippen LogP contribution in [0, 0.1) is 22.7 Å². The number of carbonyl (C=O) groups excluding carboxylic acids is 2. The van der Waals surface area contributed by atoms with Gasteiger partial charge in [0.05, 0.1) is 12.0 Å². The molecule has 1 aliphatic rings. The zero-order valence-electron chi connectivity index (χ0n) is 17.4. The van der Waals surface area contributed by atoms with Crippen molar-refractivity contribution in [3.63, 3.8) is 0 Å². The fourth-order valence-electron chi connectivity index (χ4n) is 3.79. The van der Waals surface area contributed by atoms with Gasteiger partial charge >= 0.3 is 0 Å². The minimum absolute atomic E-state index is 0.00879. The Morgan fingerprint density at radius 1 is 1.13 bits per heavy atom. The highest BCUT2D eigenvalue weighted by atomic mass is 16.2. The third kappa shape index (κ3) is 5.92. The molecule has 0 saturated carbocycles. The van der Waals surface area contributed by atoms with E-state index in [1.165, 1.54) is 5.56 Å². The third-order valence-corrected chi connectivity index (χ3v) is 5.54. The molecule has 1 fully saturated rings. The van der Waals surface area contributed by atoms with E-state index in [1.807, 2.05) is 30.3 Å². The summed E-state index contributed by atoms with van der Waals surface area (Å²) < 4.78 is 0. The van der Waals surface area contributed by atoms with Crippen LogP contribution < -0.4 is 11.1 Å². The molecule has 0 spiro atoms. The summed E-state index contributed by atoms with van der Waals surface area (Å²) in [6.45, 7) is 0.604. The van der Waals surface area contributed by atoms with E-state index in [1.54, 1.807) is 29.2 Å². The number of carbonyl (C=O) groups is 2. The number of hydrogen-bond acceptors (Lipinski definition) is 4. The highest BCUT2D eigenvalue weighted by Gasteiger charge is 2.39. The number of nitriles is 1. The van der Waals surface area contributed by atoms with Gasteiger partial charge < -0.3 is 16.0 Å². The van der Waals surface area contributed by atoms with Crippen LogP contribution in [0.5, 0.6) is 0 Å². The first kappa shape index (κ1) is 22.0. The monoisotopic (exact) mass is 417 g/mol. The Morgan fingerprint density at radius 2 is 1.84 bits per heavy atom. The maximum atomic E-state index is 12.8. The van der Waals surface area contributed by atoms with E-state index in [0.717, 1.165) is 12.0 Å². The standard InChI is InChI=1S/C24H27N5O2/c25-14-19-13-21(24(31)28-15-18-9-11-20(12-10-18)23(26)27)29(16-19)22(30)8-4-7-17-5-2-1-3-6-17/h1-3,5-6,9-12,19,21H,4,7-8,13,15-16H2,(H3,26,27)(H,28,31)/t19-,21+/m1/s1. The summed E-state index contributed by atoms with van der Waals surface area (Å²) in [5, 5.41) is 19.6. The maximum Gasteiger partial charge on any atom is 0.243 e. The third-order valence-electron chi connectivity index (χ3n) is 5.54. The average molecular weight is 418 g/mol. The van der Waals surface area contributed by atoms with Crippen LogP contribution in [0.1, 0.15) is 36.0 Å². The second-order valence-corrected chi connectivity index (χ2v) is 7.79. The molecule has 7 nitrogen and oxygen atoms in total. The number of nitrogen functional groups attached to an aromatic ring is 1. The molecule has 1 heterocycles. The highest BCUT2D eigenvalue weighted by molar-refractivity contribution is 5.94. The molecule has 0 bridgehead atoms. The van der Waals surface area contributed by atoms with Gasteiger partial charge in [0.2, 0.25) is 11.8 Å². The lowest BCUT2D eigenvalue weighted by atomic mass is 10.1. The van der Waals surface area contributed by atoms with Gasteiger partial charge in [-0.15, -0.1) is 0 Å². The SMILES string of the molecule is N#C[C@H]1C[C@@H](C(=O)NCc2ccc(C(=N)N)cc2)N(C(=O)CCCc2ccccc2)C1. The molecule has 0 aromatic heterocycles. The number of likely N-dealkylation sites (tertiary alicyclic amines) is 1. The Morgan fingerprint density at radius 3 is 2.48 bits per heavy atom. The van der Waals surface area contributed by atoms with Crippen molar-refractivity contribution < 1.29 is 9.59 Å². The smallest absolute Gasteiger partial charge is 0.243 e. The summed E-state index contributed by atoms with van der Waals surface area (Å²) in [5.74, 6) is -0.668. The number of nitrogens with zero attached hydrogens (tertiary/aromatic N) is 2. The average Bonchev–Trinajstić information content (AvgIpc) is 3.23. The zero-order chi connectivity index (χ0) is 22.2. The second-order valence-electron chi connectivity index (χ2n) is 7.79. The molecule has 1 saturated heterocycles. The quantitative estimate of drug-likeness (QED) is 0.450. The molecule has 3 rings (SSSR count). The molecule has 2 aromatic rings. The fourth-order valence-corrected chi connectivity index (χ4v) is 3.79. The Kier molecular flexibility index (Phi) is 7.39. The van der Waals surface area contributed by atoms with Gasteiger partial charge in [0.15, 0.2) is 0 Å². The van der Waals surface area contributed by atoms with Crippen molar-refractivity contribution >= 4 is 17.6 Å². The number of amidine groups is 1. The van der Waals surface area contributed by atoms with E-state index in [2.05, 4.69) is 11.4 Å². The lowest BCUT2D eigenvalue weighted by Crippen LogP contribution is -2.45. The molecule has 0 aliphatic carbocycles. The number of benzene rings is 2. The van der Waals surface area contributed by atoms with Crippen LogP contribution in [0.25, 0.3) is 0 Å². The lowest BCUT2D eigenvalue weighted by molar-refractivity contribution is -0.138. The first-order valence-electron chi connectivity index (χ1n) is 10.4.